The van der Waals surface area contributed by atoms with Gasteiger partial charge in [-0.25, -0.2) is 4.39 Å². The first kappa shape index (κ1) is 26.9. The topological polar surface area (TPSA) is 0 Å². The van der Waals surface area contributed by atoms with E-state index >= 15 is 0 Å². The lowest BCUT2D eigenvalue weighted by Crippen LogP contribution is -2.73. The molecule has 0 nitrogen and oxygen atoms in total. The molecule has 0 saturated carbocycles. The van der Waals surface area contributed by atoms with Gasteiger partial charge in [0, 0.05) is 0 Å². The van der Waals surface area contributed by atoms with E-state index in [0.717, 1.165) is 0 Å². The summed E-state index contributed by atoms with van der Waals surface area (Å²) in [4.78, 5) is 0. The minimum absolute atomic E-state index is 3.78. The van der Waals surface area contributed by atoms with E-state index in [1.807, 2.05) is 0 Å². The third kappa shape index (κ3) is 3.48. The van der Waals surface area contributed by atoms with E-state index in [1.165, 1.54) is 0 Å². The normalized spacial score (nSPS) is 18.7. The van der Waals surface area contributed by atoms with Crippen LogP contribution < -0.4 is 0 Å². The van der Waals surface area contributed by atoms with Crippen LogP contribution in [0.4, 0.5) is 52.7 Å². The van der Waals surface area contributed by atoms with Gasteiger partial charge in [0.15, 0.2) is 0 Å². The van der Waals surface area contributed by atoms with E-state index < -0.39 is 43.1 Å². The number of rotatable bonds is 5. The van der Waals surface area contributed by atoms with Crippen molar-refractivity contribution in [2.75, 3.05) is 0 Å². The van der Waals surface area contributed by atoms with Gasteiger partial charge in [-0.1, -0.05) is 69.6 Å². The second kappa shape index (κ2) is 6.72. The second-order valence-corrected chi connectivity index (χ2v) is 8.57. The molecule has 0 rings (SSSR count). The Morgan fingerprint density at radius 1 is 0.385 bits per heavy atom. The molecule has 0 aliphatic carbocycles. The number of halogens is 18. The largest absolute Gasteiger partial charge is 0.460 e. The molecule has 0 aliphatic heterocycles. The van der Waals surface area contributed by atoms with Crippen molar-refractivity contribution >= 4 is 69.6 Å². The fraction of sp³-hybridized carbons (Fsp3) is 1.00. The number of alkyl halides is 18. The zero-order valence-electron chi connectivity index (χ0n) is 10.8. The molecule has 0 saturated heterocycles. The van der Waals surface area contributed by atoms with Crippen LogP contribution in [0, 0.1) is 0 Å². The Kier molecular flexibility index (Phi) is 6.95. The van der Waals surface area contributed by atoms with Crippen LogP contribution in [0.3, 0.4) is 0 Å². The smallest absolute Gasteiger partial charge is 0.216 e. The van der Waals surface area contributed by atoms with E-state index in [-0.39, 0.29) is 0 Å². The molecule has 0 fully saturated rings. The zero-order valence-corrected chi connectivity index (χ0v) is 15.3. The highest BCUT2D eigenvalue weighted by molar-refractivity contribution is 6.76. The monoisotopic (exact) mass is 534 g/mol. The van der Waals surface area contributed by atoms with Crippen LogP contribution in [0.25, 0.3) is 0 Å². The fourth-order valence-corrected chi connectivity index (χ4v) is 2.18. The Morgan fingerprint density at radius 3 is 0.885 bits per heavy atom. The first-order valence-corrected chi connectivity index (χ1v) is 7.42. The fourth-order valence-electron chi connectivity index (χ4n) is 1.14. The van der Waals surface area contributed by atoms with Gasteiger partial charge in [0.2, 0.25) is 8.13 Å². The van der Waals surface area contributed by atoms with Crippen LogP contribution in [0.15, 0.2) is 0 Å². The summed E-state index contributed by atoms with van der Waals surface area (Å²) in [6.07, 6.45) is -7.46. The summed E-state index contributed by atoms with van der Waals surface area (Å²) in [5, 5.41) is -6.00. The van der Waals surface area contributed by atoms with Crippen LogP contribution in [0.2, 0.25) is 0 Å². The molecule has 0 N–H and O–H groups in total. The summed E-state index contributed by atoms with van der Waals surface area (Å²) >= 11 is 28.1. The third-order valence-corrected chi connectivity index (χ3v) is 5.92. The minimum atomic E-state index is -7.95. The van der Waals surface area contributed by atoms with Crippen LogP contribution in [-0.4, -0.2) is 43.1 Å². The summed E-state index contributed by atoms with van der Waals surface area (Å²) in [6.45, 7) is 0. The van der Waals surface area contributed by atoms with Gasteiger partial charge in [-0.05, 0) is 0 Å². The Bertz CT molecular complexity index is 485. The Balaban J connectivity index is 6.61. The molecule has 26 heavy (non-hydrogen) atoms. The molecule has 0 spiro atoms. The summed E-state index contributed by atoms with van der Waals surface area (Å²) in [5.74, 6) is -30.9. The lowest BCUT2D eigenvalue weighted by atomic mass is 9.93. The molecule has 0 radical (unpaired) electrons. The molecular formula is C8Cl6F12. The van der Waals surface area contributed by atoms with Gasteiger partial charge in [-0.15, -0.1) is 0 Å². The minimum Gasteiger partial charge on any atom is -0.216 e. The van der Waals surface area contributed by atoms with Crippen molar-refractivity contribution in [3.05, 3.63) is 0 Å². The first-order chi connectivity index (χ1) is 10.8. The Hall–Kier alpha value is 0.900. The number of hydrogen-bond donors (Lipinski definition) is 0. The highest BCUT2D eigenvalue weighted by Crippen LogP contribution is 2.66. The highest BCUT2D eigenvalue weighted by atomic mass is 35.6. The molecule has 1 unspecified atom stereocenters. The van der Waals surface area contributed by atoms with Crippen LogP contribution in [-0.2, 0) is 0 Å². The van der Waals surface area contributed by atoms with Gasteiger partial charge in [-0.2, -0.15) is 48.3 Å². The van der Waals surface area contributed by atoms with E-state index in [2.05, 4.69) is 11.6 Å². The van der Waals surface area contributed by atoms with Gasteiger partial charge >= 0.3 is 29.9 Å². The van der Waals surface area contributed by atoms with E-state index in [1.54, 1.807) is 0 Å². The molecular weight excluding hydrogens is 537 g/mol. The van der Waals surface area contributed by atoms with Crippen molar-refractivity contribution in [2.45, 2.75) is 43.1 Å². The maximum atomic E-state index is 14.0. The maximum Gasteiger partial charge on any atom is 0.460 e. The lowest BCUT2D eigenvalue weighted by Gasteiger charge is -2.45. The van der Waals surface area contributed by atoms with Gasteiger partial charge in [0.25, 0.3) is 5.13 Å². The molecule has 1 atom stereocenters. The molecule has 158 valence electrons. The van der Waals surface area contributed by atoms with Crippen LogP contribution in [0.1, 0.15) is 0 Å². The summed E-state index contributed by atoms with van der Waals surface area (Å²) in [5.41, 5.74) is 0. The molecule has 18 heteroatoms. The predicted molar refractivity (Wildman–Crippen MR) is 70.3 cm³/mol. The Morgan fingerprint density at radius 2 is 0.654 bits per heavy atom. The predicted octanol–water partition coefficient (Wildman–Crippen LogP) is 7.54. The molecule has 0 aromatic carbocycles. The third-order valence-electron chi connectivity index (χ3n) is 2.68. The van der Waals surface area contributed by atoms with Crippen molar-refractivity contribution in [1.29, 1.82) is 0 Å². The average Bonchev–Trinajstić information content (AvgIpc) is 2.34. The highest BCUT2D eigenvalue weighted by Gasteiger charge is 2.92. The van der Waals surface area contributed by atoms with Crippen molar-refractivity contribution in [3.63, 3.8) is 0 Å². The van der Waals surface area contributed by atoms with Crippen molar-refractivity contribution in [3.8, 4) is 0 Å². The standard InChI is InChI=1S/C8Cl6F12/c9-1(10,7(12,13)14)2(11,15)3(16,17)4(18,19)5(20,21)6(22,23)8(24,25)26. The van der Waals surface area contributed by atoms with E-state index in [4.69, 9.17) is 58.0 Å². The second-order valence-electron chi connectivity index (χ2n) is 4.44. The molecule has 0 aromatic rings. The van der Waals surface area contributed by atoms with Gasteiger partial charge in [0.1, 0.15) is 0 Å². The van der Waals surface area contributed by atoms with Crippen molar-refractivity contribution in [1.82, 2.24) is 0 Å². The molecule has 0 aromatic heterocycles. The summed E-state index contributed by atoms with van der Waals surface area (Å²) < 4.78 is 147. The lowest BCUT2D eigenvalue weighted by molar-refractivity contribution is -0.429. The van der Waals surface area contributed by atoms with Crippen LogP contribution in [0.5, 0.6) is 0 Å². The van der Waals surface area contributed by atoms with Crippen molar-refractivity contribution in [2.24, 2.45) is 0 Å². The quantitative estimate of drug-likeness (QED) is 0.252. The van der Waals surface area contributed by atoms with Gasteiger partial charge in [0.05, 0.1) is 0 Å². The molecule has 0 bridgehead atoms. The summed E-state index contributed by atoms with van der Waals surface area (Å²) in [6, 6.07) is 0. The summed E-state index contributed by atoms with van der Waals surface area (Å²) in [7, 11) is 0. The molecule has 0 aliphatic rings. The maximum absolute atomic E-state index is 14.0. The molecule has 0 amide bonds. The first-order valence-electron chi connectivity index (χ1n) is 5.15. The van der Waals surface area contributed by atoms with E-state index in [9.17, 15) is 52.7 Å². The van der Waals surface area contributed by atoms with E-state index in [0.29, 0.717) is 0 Å². The Labute approximate surface area is 165 Å². The average molecular weight is 537 g/mol. The molecule has 0 heterocycles. The number of hydrogen-bond acceptors (Lipinski definition) is 0. The van der Waals surface area contributed by atoms with Crippen molar-refractivity contribution < 1.29 is 52.7 Å². The SMILES string of the molecule is FC(F)(F)C(F)(F)C(F)(F)C(F)(F)C(F)(F)C(F)(Cl)C(Cl)(Cl)C(Cl)(Cl)Cl. The zero-order chi connectivity index (χ0) is 22.0. The van der Waals surface area contributed by atoms with Gasteiger partial charge in [-0.3, -0.25) is 0 Å². The van der Waals surface area contributed by atoms with Gasteiger partial charge < -0.3 is 0 Å². The van der Waals surface area contributed by atoms with Crippen LogP contribution >= 0.6 is 69.6 Å².